The zero-order valence-corrected chi connectivity index (χ0v) is 44.5. The topological polar surface area (TPSA) is 8.17 Å². The molecule has 75 heavy (non-hydrogen) atoms. The van der Waals surface area contributed by atoms with Crippen LogP contribution in [0.2, 0.25) is 0 Å². The number of para-hydroxylation sites is 3. The maximum atomic E-state index is 2.70. The van der Waals surface area contributed by atoms with Crippen molar-refractivity contribution in [2.45, 2.75) is 78.6 Å². The lowest BCUT2D eigenvalue weighted by Gasteiger charge is -2.42. The highest BCUT2D eigenvalue weighted by molar-refractivity contribution is 6.09. The van der Waals surface area contributed by atoms with Gasteiger partial charge < -0.3 is 9.47 Å². The largest absolute Gasteiger partial charge is 0.311 e. The van der Waals surface area contributed by atoms with Gasteiger partial charge in [0.2, 0.25) is 0 Å². The Kier molecular flexibility index (Phi) is 10.8. The minimum absolute atomic E-state index is 0.0257. The summed E-state index contributed by atoms with van der Waals surface area (Å²) in [4.78, 5) is 2.48. The molecule has 1 aromatic heterocycles. The Morgan fingerprint density at radius 3 is 2.12 bits per heavy atom. The SMILES string of the molecule is CCC[C@H](C)C1(C)C2=C(C=CC(C3=C4C=CC(C)=CC4C(C4=CCC5C(=C4)C(C)(C)C4C=C(N(c6ccccc6)c6ccc(-n7c8ccccc8c8ccccc87)cc6)C=CC54)c4ccccc43)C2)c2ccccc21. The van der Waals surface area contributed by atoms with Crippen molar-refractivity contribution in [2.75, 3.05) is 4.90 Å². The van der Waals surface area contributed by atoms with E-state index in [0.717, 1.165) is 18.5 Å². The van der Waals surface area contributed by atoms with Gasteiger partial charge in [0.1, 0.15) is 0 Å². The Balaban J connectivity index is 0.803. The smallest absolute Gasteiger partial charge is 0.0541 e. The lowest BCUT2D eigenvalue weighted by molar-refractivity contribution is 0.319. The van der Waals surface area contributed by atoms with Gasteiger partial charge in [-0.1, -0.05) is 216 Å². The fraction of sp³-hybridized carbons (Fsp3) is 0.260. The lowest BCUT2D eigenvalue weighted by atomic mass is 9.61. The Morgan fingerprint density at radius 1 is 0.680 bits per heavy atom. The second-order valence-electron chi connectivity index (χ2n) is 23.7. The predicted octanol–water partition coefficient (Wildman–Crippen LogP) is 18.9. The molecule has 7 aliphatic rings. The summed E-state index contributed by atoms with van der Waals surface area (Å²) in [6.07, 6.45) is 30.2. The quantitative estimate of drug-likeness (QED) is 0.140. The average Bonchev–Trinajstić information content (AvgIpc) is 4.05. The molecular formula is C73H68N2. The lowest BCUT2D eigenvalue weighted by Crippen LogP contribution is -2.33. The van der Waals surface area contributed by atoms with Crippen molar-refractivity contribution in [2.24, 2.45) is 40.9 Å². The van der Waals surface area contributed by atoms with Gasteiger partial charge >= 0.3 is 0 Å². The summed E-state index contributed by atoms with van der Waals surface area (Å²) >= 11 is 0. The number of aromatic nitrogens is 1. The van der Waals surface area contributed by atoms with Crippen molar-refractivity contribution in [1.29, 1.82) is 0 Å². The number of allylic oxidation sites excluding steroid dienone is 17. The standard InChI is InChI=1S/C73H68N2/c1-7-19-47(3)73(6)64-27-16-13-22-54(64)57-40-32-49(44-67(57)73)70-60-25-11-12-26-61(60)71(63-42-46(2)30-38-62(63)70)48-31-39-55-56-41-37-53(45-66(56)72(4,5)65(55)43-48)74(50-20-9-8-10-21-50)51-33-35-52(36-34-51)75-68-28-17-14-23-58(68)59-24-15-18-29-69(59)75/h8-18,20-38,40-43,45,47,49,55-56,63,66,71H,7,19,39,44H2,1-6H3/t47-,49?,55?,56?,63?,66?,71?,73?/m0/s1. The number of nitrogens with zero attached hydrogens (tertiary/aromatic N) is 2. The summed E-state index contributed by atoms with van der Waals surface area (Å²) in [5.41, 5.74) is 23.8. The molecule has 14 rings (SSSR count). The van der Waals surface area contributed by atoms with Gasteiger partial charge in [0.15, 0.2) is 0 Å². The summed E-state index contributed by atoms with van der Waals surface area (Å²) < 4.78 is 2.41. The maximum Gasteiger partial charge on any atom is 0.0541 e. The van der Waals surface area contributed by atoms with Crippen molar-refractivity contribution >= 4 is 44.3 Å². The van der Waals surface area contributed by atoms with Crippen LogP contribution in [0.3, 0.4) is 0 Å². The highest BCUT2D eigenvalue weighted by Gasteiger charge is 2.52. The Morgan fingerprint density at radius 2 is 1.36 bits per heavy atom. The van der Waals surface area contributed by atoms with Crippen molar-refractivity contribution in [3.8, 4) is 5.69 Å². The van der Waals surface area contributed by atoms with E-state index in [2.05, 4.69) is 263 Å². The number of hydrogen-bond acceptors (Lipinski definition) is 1. The third kappa shape index (κ3) is 6.97. The molecule has 1 fully saturated rings. The van der Waals surface area contributed by atoms with Gasteiger partial charge in [-0.25, -0.2) is 0 Å². The zero-order chi connectivity index (χ0) is 50.7. The number of rotatable bonds is 9. The summed E-state index contributed by atoms with van der Waals surface area (Å²) in [6.45, 7) is 14.8. The molecule has 7 unspecified atom stereocenters. The molecule has 370 valence electrons. The number of benzene rings is 6. The van der Waals surface area contributed by atoms with Crippen LogP contribution >= 0.6 is 0 Å². The highest BCUT2D eigenvalue weighted by Crippen LogP contribution is 2.63. The molecule has 0 N–H and O–H groups in total. The molecule has 2 heteroatoms. The highest BCUT2D eigenvalue weighted by atomic mass is 15.1. The minimum Gasteiger partial charge on any atom is -0.311 e. The fourth-order valence-electron chi connectivity index (χ4n) is 15.8. The van der Waals surface area contributed by atoms with Crippen LogP contribution in [0, 0.1) is 40.9 Å². The normalized spacial score (nSPS) is 26.2. The molecule has 8 atom stereocenters. The molecule has 7 aromatic rings. The van der Waals surface area contributed by atoms with Crippen molar-refractivity contribution < 1.29 is 0 Å². The molecule has 6 aromatic carbocycles. The number of fused-ring (bicyclic) bond motifs is 10. The maximum absolute atomic E-state index is 2.70. The number of hydrogen-bond donors (Lipinski definition) is 0. The van der Waals surface area contributed by atoms with Gasteiger partial charge in [0.25, 0.3) is 0 Å². The average molecular weight is 973 g/mol. The molecular weight excluding hydrogens is 905 g/mol. The fourth-order valence-corrected chi connectivity index (χ4v) is 15.8. The van der Waals surface area contributed by atoms with Gasteiger partial charge in [-0.2, -0.15) is 0 Å². The Hall–Kier alpha value is -7.42. The van der Waals surface area contributed by atoms with Crippen LogP contribution in [0.5, 0.6) is 0 Å². The van der Waals surface area contributed by atoms with Gasteiger partial charge in [0.05, 0.1) is 11.0 Å². The van der Waals surface area contributed by atoms with E-state index in [4.69, 9.17) is 0 Å². The van der Waals surface area contributed by atoms with E-state index < -0.39 is 0 Å². The van der Waals surface area contributed by atoms with Crippen LogP contribution in [0.25, 0.3) is 38.6 Å². The third-order valence-corrected chi connectivity index (χ3v) is 19.5. The summed E-state index contributed by atoms with van der Waals surface area (Å²) in [5.74, 6) is 2.66. The Labute approximate surface area is 444 Å². The molecule has 1 saturated carbocycles. The second-order valence-corrected chi connectivity index (χ2v) is 23.7. The first-order valence-electron chi connectivity index (χ1n) is 28.1. The first-order valence-corrected chi connectivity index (χ1v) is 28.1. The van der Waals surface area contributed by atoms with E-state index in [0.29, 0.717) is 29.6 Å². The van der Waals surface area contributed by atoms with Gasteiger partial charge in [0, 0.05) is 56.7 Å². The molecule has 0 bridgehead atoms. The summed E-state index contributed by atoms with van der Waals surface area (Å²) in [7, 11) is 0. The molecule has 0 spiro atoms. The molecule has 0 radical (unpaired) electrons. The van der Waals surface area contributed by atoms with E-state index in [1.807, 2.05) is 0 Å². The van der Waals surface area contributed by atoms with E-state index in [1.54, 1.807) is 11.1 Å². The molecule has 0 aliphatic heterocycles. The van der Waals surface area contributed by atoms with Crippen molar-refractivity contribution in [1.82, 2.24) is 4.57 Å². The monoisotopic (exact) mass is 973 g/mol. The molecule has 1 heterocycles. The van der Waals surface area contributed by atoms with Crippen molar-refractivity contribution in [3.05, 3.63) is 268 Å². The zero-order valence-electron chi connectivity index (χ0n) is 44.5. The first-order chi connectivity index (χ1) is 36.6. The predicted molar refractivity (Wildman–Crippen MR) is 316 cm³/mol. The van der Waals surface area contributed by atoms with E-state index in [9.17, 15) is 0 Å². The Bertz CT molecular complexity index is 3720. The summed E-state index contributed by atoms with van der Waals surface area (Å²) in [6, 6.07) is 56.6. The first kappa shape index (κ1) is 46.1. The van der Waals surface area contributed by atoms with Crippen LogP contribution in [-0.2, 0) is 5.41 Å². The van der Waals surface area contributed by atoms with E-state index >= 15 is 0 Å². The van der Waals surface area contributed by atoms with Gasteiger partial charge in [-0.15, -0.1) is 0 Å². The summed E-state index contributed by atoms with van der Waals surface area (Å²) in [5, 5.41) is 2.56. The molecule has 0 saturated heterocycles. The third-order valence-electron chi connectivity index (χ3n) is 19.5. The number of anilines is 2. The molecule has 7 aliphatic carbocycles. The van der Waals surface area contributed by atoms with Crippen LogP contribution in [0.4, 0.5) is 11.4 Å². The molecule has 2 nitrogen and oxygen atoms in total. The van der Waals surface area contributed by atoms with Crippen molar-refractivity contribution in [3.63, 3.8) is 0 Å². The van der Waals surface area contributed by atoms with Crippen LogP contribution in [0.1, 0.15) is 95.4 Å². The van der Waals surface area contributed by atoms with E-state index in [-0.39, 0.29) is 22.7 Å². The van der Waals surface area contributed by atoms with Crippen LogP contribution in [-0.4, -0.2) is 4.57 Å². The van der Waals surface area contributed by atoms with Crippen LogP contribution in [0.15, 0.2) is 246 Å². The van der Waals surface area contributed by atoms with Gasteiger partial charge in [-0.3, -0.25) is 0 Å². The van der Waals surface area contributed by atoms with Gasteiger partial charge in [-0.05, 0) is 154 Å². The van der Waals surface area contributed by atoms with Crippen LogP contribution < -0.4 is 4.90 Å². The molecule has 0 amide bonds. The minimum atomic E-state index is -0.0391. The van der Waals surface area contributed by atoms with E-state index in [1.165, 1.54) is 102 Å². The second kappa shape index (κ2) is 17.6.